The predicted octanol–water partition coefficient (Wildman–Crippen LogP) is 1.37. The van der Waals surface area contributed by atoms with Gasteiger partial charge >= 0.3 is 5.69 Å². The molecule has 0 fully saturated rings. The third kappa shape index (κ3) is 2.05. The van der Waals surface area contributed by atoms with Crippen molar-refractivity contribution >= 4 is 15.9 Å². The SMILES string of the molecule is O=c1[nH]c(=O)n([C@@H]2C[C@H](CO)c3ccccc32)cc1Br. The Labute approximate surface area is 123 Å². The number of aliphatic hydroxyl groups is 1. The molecular formula is C14H13BrN2O3. The first-order valence-electron chi connectivity index (χ1n) is 6.32. The Balaban J connectivity index is 2.16. The minimum absolute atomic E-state index is 0.0220. The highest BCUT2D eigenvalue weighted by molar-refractivity contribution is 9.10. The zero-order chi connectivity index (χ0) is 14.3. The highest BCUT2D eigenvalue weighted by atomic mass is 79.9. The number of hydrogen-bond acceptors (Lipinski definition) is 3. The number of benzene rings is 1. The Morgan fingerprint density at radius 1 is 1.30 bits per heavy atom. The van der Waals surface area contributed by atoms with Gasteiger partial charge in [-0.2, -0.15) is 0 Å². The quantitative estimate of drug-likeness (QED) is 0.869. The summed E-state index contributed by atoms with van der Waals surface area (Å²) in [4.78, 5) is 25.7. The molecule has 0 amide bonds. The van der Waals surface area contributed by atoms with Crippen molar-refractivity contribution < 1.29 is 5.11 Å². The molecule has 1 aliphatic rings. The van der Waals surface area contributed by atoms with Crippen LogP contribution in [0.5, 0.6) is 0 Å². The Bertz CT molecular complexity index is 765. The van der Waals surface area contributed by atoms with Crippen molar-refractivity contribution in [1.29, 1.82) is 0 Å². The average molecular weight is 337 g/mol. The Hall–Kier alpha value is -1.66. The van der Waals surface area contributed by atoms with Crippen molar-refractivity contribution in [2.24, 2.45) is 0 Å². The van der Waals surface area contributed by atoms with Gasteiger partial charge in [0.25, 0.3) is 5.56 Å². The summed E-state index contributed by atoms with van der Waals surface area (Å²) in [6.45, 7) is 0.0484. The van der Waals surface area contributed by atoms with E-state index in [9.17, 15) is 14.7 Å². The molecular weight excluding hydrogens is 324 g/mol. The lowest BCUT2D eigenvalue weighted by Crippen LogP contribution is -2.32. The highest BCUT2D eigenvalue weighted by Gasteiger charge is 2.32. The summed E-state index contributed by atoms with van der Waals surface area (Å²) in [5, 5.41) is 9.49. The van der Waals surface area contributed by atoms with Crippen LogP contribution in [0.25, 0.3) is 0 Å². The van der Waals surface area contributed by atoms with E-state index in [1.165, 1.54) is 10.8 Å². The van der Waals surface area contributed by atoms with E-state index >= 15 is 0 Å². The van der Waals surface area contributed by atoms with Crippen molar-refractivity contribution in [2.45, 2.75) is 18.4 Å². The van der Waals surface area contributed by atoms with Gasteiger partial charge in [-0.3, -0.25) is 14.3 Å². The predicted molar refractivity (Wildman–Crippen MR) is 78.0 cm³/mol. The van der Waals surface area contributed by atoms with Crippen LogP contribution >= 0.6 is 15.9 Å². The lowest BCUT2D eigenvalue weighted by molar-refractivity contribution is 0.258. The minimum atomic E-state index is -0.434. The molecule has 0 spiro atoms. The number of aromatic amines is 1. The van der Waals surface area contributed by atoms with Gasteiger partial charge in [0.15, 0.2) is 0 Å². The minimum Gasteiger partial charge on any atom is -0.396 e. The van der Waals surface area contributed by atoms with Gasteiger partial charge in [0.05, 0.1) is 17.1 Å². The summed E-state index contributed by atoms with van der Waals surface area (Å²) in [5.41, 5.74) is 1.22. The lowest BCUT2D eigenvalue weighted by Gasteiger charge is -2.15. The molecule has 1 aliphatic carbocycles. The van der Waals surface area contributed by atoms with Gasteiger partial charge in [0.2, 0.25) is 0 Å². The Kier molecular flexibility index (Phi) is 3.35. The second-order valence-corrected chi connectivity index (χ2v) is 5.76. The van der Waals surface area contributed by atoms with Crippen molar-refractivity contribution in [1.82, 2.24) is 9.55 Å². The van der Waals surface area contributed by atoms with Crippen LogP contribution in [0.2, 0.25) is 0 Å². The van der Waals surface area contributed by atoms with Gasteiger partial charge in [-0.1, -0.05) is 24.3 Å². The maximum atomic E-state index is 12.0. The molecule has 1 aromatic heterocycles. The number of nitrogens with one attached hydrogen (secondary N) is 1. The van der Waals surface area contributed by atoms with Crippen molar-refractivity contribution in [3.05, 3.63) is 66.9 Å². The van der Waals surface area contributed by atoms with Crippen molar-refractivity contribution in [3.63, 3.8) is 0 Å². The van der Waals surface area contributed by atoms with Crippen LogP contribution in [0.1, 0.15) is 29.5 Å². The summed E-state index contributed by atoms with van der Waals surface area (Å²) in [7, 11) is 0. The van der Waals surface area contributed by atoms with Crippen LogP contribution < -0.4 is 11.2 Å². The van der Waals surface area contributed by atoms with E-state index in [2.05, 4.69) is 20.9 Å². The monoisotopic (exact) mass is 336 g/mol. The zero-order valence-corrected chi connectivity index (χ0v) is 12.1. The fourth-order valence-electron chi connectivity index (χ4n) is 2.84. The highest BCUT2D eigenvalue weighted by Crippen LogP contribution is 2.41. The largest absolute Gasteiger partial charge is 0.396 e. The van der Waals surface area contributed by atoms with Crippen LogP contribution in [-0.4, -0.2) is 21.3 Å². The van der Waals surface area contributed by atoms with E-state index in [0.717, 1.165) is 11.1 Å². The van der Waals surface area contributed by atoms with E-state index in [1.54, 1.807) is 0 Å². The Morgan fingerprint density at radius 2 is 2.00 bits per heavy atom. The van der Waals surface area contributed by atoms with Gasteiger partial charge in [-0.25, -0.2) is 4.79 Å². The van der Waals surface area contributed by atoms with Gasteiger partial charge < -0.3 is 5.11 Å². The number of aromatic nitrogens is 2. The first-order chi connectivity index (χ1) is 9.61. The van der Waals surface area contributed by atoms with E-state index in [0.29, 0.717) is 10.9 Å². The van der Waals surface area contributed by atoms with Gasteiger partial charge in [-0.05, 0) is 33.5 Å². The molecule has 2 atom stereocenters. The number of hydrogen-bond donors (Lipinski definition) is 2. The zero-order valence-electron chi connectivity index (χ0n) is 10.5. The molecule has 0 saturated carbocycles. The van der Waals surface area contributed by atoms with Crippen LogP contribution in [0.3, 0.4) is 0 Å². The van der Waals surface area contributed by atoms with Crippen LogP contribution in [0.15, 0.2) is 44.5 Å². The van der Waals surface area contributed by atoms with Crippen LogP contribution in [-0.2, 0) is 0 Å². The maximum absolute atomic E-state index is 12.0. The summed E-state index contributed by atoms with van der Waals surface area (Å²) in [6.07, 6.45) is 2.16. The molecule has 2 aromatic rings. The number of H-pyrrole nitrogens is 1. The molecule has 0 aliphatic heterocycles. The van der Waals surface area contributed by atoms with Gasteiger partial charge in [0, 0.05) is 12.1 Å². The standard InChI is InChI=1S/C14H13BrN2O3/c15-11-6-17(14(20)16-13(11)19)12-5-8(7-18)9-3-1-2-4-10(9)12/h1-4,6,8,12,18H,5,7H2,(H,16,19,20)/t8-,12-/m1/s1. The Morgan fingerprint density at radius 3 is 2.70 bits per heavy atom. The van der Waals surface area contributed by atoms with Gasteiger partial charge in [0.1, 0.15) is 0 Å². The number of nitrogens with zero attached hydrogens (tertiary/aromatic N) is 1. The molecule has 0 radical (unpaired) electrons. The van der Waals surface area contributed by atoms with E-state index in [1.807, 2.05) is 24.3 Å². The van der Waals surface area contributed by atoms with E-state index in [4.69, 9.17) is 0 Å². The van der Waals surface area contributed by atoms with Crippen molar-refractivity contribution in [3.8, 4) is 0 Å². The second-order valence-electron chi connectivity index (χ2n) is 4.90. The smallest absolute Gasteiger partial charge is 0.328 e. The third-order valence-electron chi connectivity index (χ3n) is 3.78. The molecule has 1 aromatic carbocycles. The molecule has 1 heterocycles. The average Bonchev–Trinajstić information content (AvgIpc) is 2.82. The van der Waals surface area contributed by atoms with Crippen LogP contribution in [0, 0.1) is 0 Å². The first kappa shape index (κ1) is 13.3. The summed E-state index contributed by atoms with van der Waals surface area (Å²) in [6, 6.07) is 7.61. The molecule has 20 heavy (non-hydrogen) atoms. The fraction of sp³-hybridized carbons (Fsp3) is 0.286. The maximum Gasteiger partial charge on any atom is 0.328 e. The molecule has 3 rings (SSSR count). The van der Waals surface area contributed by atoms with Gasteiger partial charge in [-0.15, -0.1) is 0 Å². The number of halogens is 1. The fourth-order valence-corrected chi connectivity index (χ4v) is 3.16. The molecule has 6 heteroatoms. The van der Waals surface area contributed by atoms with Crippen LogP contribution in [0.4, 0.5) is 0 Å². The molecule has 0 saturated heterocycles. The summed E-state index contributed by atoms with van der Waals surface area (Å²) in [5.74, 6) is 0.0220. The normalized spacial score (nSPS) is 20.9. The molecule has 0 bridgehead atoms. The van der Waals surface area contributed by atoms with Crippen molar-refractivity contribution in [2.75, 3.05) is 6.61 Å². The summed E-state index contributed by atoms with van der Waals surface area (Å²) >= 11 is 3.15. The molecule has 2 N–H and O–H groups in total. The summed E-state index contributed by atoms with van der Waals surface area (Å²) < 4.78 is 1.84. The lowest BCUT2D eigenvalue weighted by atomic mass is 10.0. The molecule has 5 nitrogen and oxygen atoms in total. The first-order valence-corrected chi connectivity index (χ1v) is 7.11. The number of fused-ring (bicyclic) bond motifs is 1. The van der Waals surface area contributed by atoms with E-state index < -0.39 is 11.2 Å². The second kappa shape index (κ2) is 5.03. The van der Waals surface area contributed by atoms with E-state index in [-0.39, 0.29) is 18.6 Å². The number of aliphatic hydroxyl groups excluding tert-OH is 1. The number of rotatable bonds is 2. The molecule has 0 unspecified atom stereocenters. The molecule has 104 valence electrons. The topological polar surface area (TPSA) is 75.1 Å². The third-order valence-corrected chi connectivity index (χ3v) is 4.35.